The van der Waals surface area contributed by atoms with E-state index in [0.717, 1.165) is 22.5 Å². The Morgan fingerprint density at radius 2 is 1.93 bits per heavy atom. The van der Waals surface area contributed by atoms with Crippen molar-refractivity contribution in [3.05, 3.63) is 77.9 Å². The molecule has 0 aliphatic rings. The lowest BCUT2D eigenvalue weighted by Gasteiger charge is -2.17. The van der Waals surface area contributed by atoms with Crippen molar-refractivity contribution >= 4 is 16.9 Å². The molecular weight excluding hydrogens is 336 g/mol. The predicted molar refractivity (Wildman–Crippen MR) is 105 cm³/mol. The Morgan fingerprint density at radius 1 is 1.11 bits per heavy atom. The van der Waals surface area contributed by atoms with Gasteiger partial charge in [0.05, 0.1) is 40.6 Å². The first-order chi connectivity index (χ1) is 13.2. The number of anilines is 1. The number of hydrogen-bond acceptors (Lipinski definition) is 5. The molecular formula is C21H18N6. The highest BCUT2D eigenvalue weighted by Crippen LogP contribution is 2.22. The van der Waals surface area contributed by atoms with Crippen molar-refractivity contribution in [1.82, 2.24) is 19.5 Å². The van der Waals surface area contributed by atoms with Gasteiger partial charge in [0.1, 0.15) is 12.1 Å². The summed E-state index contributed by atoms with van der Waals surface area (Å²) in [5.41, 5.74) is 4.22. The number of rotatable bonds is 4. The van der Waals surface area contributed by atoms with E-state index in [1.165, 1.54) is 5.56 Å². The second kappa shape index (κ2) is 6.89. The average molecular weight is 354 g/mol. The van der Waals surface area contributed by atoms with E-state index in [-0.39, 0.29) is 6.04 Å². The van der Waals surface area contributed by atoms with Crippen molar-refractivity contribution in [2.45, 2.75) is 19.9 Å². The van der Waals surface area contributed by atoms with E-state index in [0.29, 0.717) is 11.4 Å². The van der Waals surface area contributed by atoms with Crippen LogP contribution in [0.1, 0.15) is 29.8 Å². The molecule has 27 heavy (non-hydrogen) atoms. The van der Waals surface area contributed by atoms with Crippen LogP contribution < -0.4 is 5.32 Å². The molecule has 0 aliphatic heterocycles. The van der Waals surface area contributed by atoms with E-state index < -0.39 is 0 Å². The van der Waals surface area contributed by atoms with Crippen LogP contribution in [-0.2, 0) is 0 Å². The molecule has 0 fully saturated rings. The fraction of sp³-hybridized carbons (Fsp3) is 0.143. The number of nitrogens with zero attached hydrogens (tertiary/aromatic N) is 5. The smallest absolute Gasteiger partial charge is 0.159 e. The lowest BCUT2D eigenvalue weighted by molar-refractivity contribution is 0.858. The molecule has 132 valence electrons. The lowest BCUT2D eigenvalue weighted by Crippen LogP contribution is -2.11. The molecule has 4 rings (SSSR count). The molecule has 0 bridgehead atoms. The van der Waals surface area contributed by atoms with Gasteiger partial charge in [-0.3, -0.25) is 9.55 Å². The highest BCUT2D eigenvalue weighted by atomic mass is 15.2. The maximum absolute atomic E-state index is 9.17. The van der Waals surface area contributed by atoms with Crippen molar-refractivity contribution < 1.29 is 0 Å². The maximum atomic E-state index is 9.17. The minimum absolute atomic E-state index is 0.0965. The maximum Gasteiger partial charge on any atom is 0.159 e. The van der Waals surface area contributed by atoms with Crippen LogP contribution >= 0.6 is 0 Å². The molecule has 0 saturated carbocycles. The second-order valence-corrected chi connectivity index (χ2v) is 6.37. The molecule has 6 nitrogen and oxygen atoms in total. The van der Waals surface area contributed by atoms with Crippen LogP contribution in [0.4, 0.5) is 5.82 Å². The molecule has 2 aromatic heterocycles. The highest BCUT2D eigenvalue weighted by molar-refractivity contribution is 5.78. The number of hydrogen-bond donors (Lipinski definition) is 1. The van der Waals surface area contributed by atoms with Gasteiger partial charge in [-0.15, -0.1) is 0 Å². The Labute approximate surface area is 157 Å². The summed E-state index contributed by atoms with van der Waals surface area (Å²) in [7, 11) is 0. The summed E-state index contributed by atoms with van der Waals surface area (Å²) in [4.78, 5) is 13.6. The monoisotopic (exact) mass is 354 g/mol. The van der Waals surface area contributed by atoms with Gasteiger partial charge >= 0.3 is 0 Å². The Kier molecular flexibility index (Phi) is 4.27. The van der Waals surface area contributed by atoms with Crippen LogP contribution in [0.2, 0.25) is 0 Å². The second-order valence-electron chi connectivity index (χ2n) is 6.37. The van der Waals surface area contributed by atoms with Gasteiger partial charge in [-0.25, -0.2) is 9.97 Å². The predicted octanol–water partition coefficient (Wildman–Crippen LogP) is 4.17. The Bertz CT molecular complexity index is 1140. The summed E-state index contributed by atoms with van der Waals surface area (Å²) in [5, 5.41) is 12.6. The first-order valence-corrected chi connectivity index (χ1v) is 8.68. The highest BCUT2D eigenvalue weighted by Gasteiger charge is 2.12. The van der Waals surface area contributed by atoms with Crippen molar-refractivity contribution in [3.63, 3.8) is 0 Å². The fourth-order valence-corrected chi connectivity index (χ4v) is 2.98. The third kappa shape index (κ3) is 3.23. The van der Waals surface area contributed by atoms with Gasteiger partial charge in [-0.2, -0.15) is 5.26 Å². The van der Waals surface area contributed by atoms with E-state index in [1.54, 1.807) is 18.6 Å². The molecule has 2 aromatic carbocycles. The van der Waals surface area contributed by atoms with Crippen molar-refractivity contribution in [1.29, 1.82) is 5.26 Å². The SMILES string of the molecule is Cc1ncc(-n2cnc3ccc(C#N)cc32)nc1N[C@@H](C)c1ccccc1. The van der Waals surface area contributed by atoms with Crippen LogP contribution in [0.25, 0.3) is 16.9 Å². The number of benzene rings is 2. The zero-order valence-corrected chi connectivity index (χ0v) is 15.1. The zero-order chi connectivity index (χ0) is 18.8. The van der Waals surface area contributed by atoms with E-state index in [2.05, 4.69) is 40.4 Å². The molecule has 0 radical (unpaired) electrons. The molecule has 6 heteroatoms. The number of aryl methyl sites for hydroxylation is 1. The summed E-state index contributed by atoms with van der Waals surface area (Å²) in [6.45, 7) is 4.02. The number of aromatic nitrogens is 4. The van der Waals surface area contributed by atoms with Crippen LogP contribution in [0.3, 0.4) is 0 Å². The summed E-state index contributed by atoms with van der Waals surface area (Å²) in [5.74, 6) is 1.38. The van der Waals surface area contributed by atoms with Gasteiger partial charge in [0.25, 0.3) is 0 Å². The van der Waals surface area contributed by atoms with Crippen molar-refractivity contribution in [2.24, 2.45) is 0 Å². The topological polar surface area (TPSA) is 79.4 Å². The van der Waals surface area contributed by atoms with Crippen LogP contribution in [-0.4, -0.2) is 19.5 Å². The first-order valence-electron chi connectivity index (χ1n) is 8.68. The molecule has 1 N–H and O–H groups in total. The number of fused-ring (bicyclic) bond motifs is 1. The Balaban J connectivity index is 1.72. The van der Waals surface area contributed by atoms with Gasteiger partial charge in [0.2, 0.25) is 0 Å². The molecule has 0 saturated heterocycles. The molecule has 1 atom stereocenters. The van der Waals surface area contributed by atoms with Crippen molar-refractivity contribution in [3.8, 4) is 11.9 Å². The first kappa shape index (κ1) is 16.7. The molecule has 0 amide bonds. The van der Waals surface area contributed by atoms with Crippen LogP contribution in [0, 0.1) is 18.3 Å². The van der Waals surface area contributed by atoms with E-state index in [1.807, 2.05) is 41.8 Å². The third-order valence-corrected chi connectivity index (χ3v) is 4.52. The molecule has 2 heterocycles. The Morgan fingerprint density at radius 3 is 2.70 bits per heavy atom. The van der Waals surface area contributed by atoms with Gasteiger partial charge in [-0.05, 0) is 37.6 Å². The van der Waals surface area contributed by atoms with Gasteiger partial charge in [0, 0.05) is 0 Å². The molecule has 0 aliphatic carbocycles. The van der Waals surface area contributed by atoms with Crippen molar-refractivity contribution in [2.75, 3.05) is 5.32 Å². The molecule has 0 unspecified atom stereocenters. The minimum Gasteiger partial charge on any atom is -0.362 e. The van der Waals surface area contributed by atoms with Crippen LogP contribution in [0.15, 0.2) is 61.1 Å². The largest absolute Gasteiger partial charge is 0.362 e. The standard InChI is InChI=1S/C21H18N6/c1-14(17-6-4-3-5-7-17)25-21-15(2)23-12-20(26-21)27-13-24-18-9-8-16(11-22)10-19(18)27/h3-10,12-14H,1-2H3,(H,25,26)/t14-/m0/s1. The lowest BCUT2D eigenvalue weighted by atomic mass is 10.1. The molecule has 4 aromatic rings. The van der Waals surface area contributed by atoms with Gasteiger partial charge in [0.15, 0.2) is 5.82 Å². The average Bonchev–Trinajstić information content (AvgIpc) is 3.13. The number of nitrogens with one attached hydrogen (secondary N) is 1. The van der Waals surface area contributed by atoms with E-state index in [4.69, 9.17) is 10.2 Å². The number of imidazole rings is 1. The quantitative estimate of drug-likeness (QED) is 0.595. The zero-order valence-electron chi connectivity index (χ0n) is 15.1. The molecule has 0 spiro atoms. The van der Waals surface area contributed by atoms with Gasteiger partial charge < -0.3 is 5.32 Å². The summed E-state index contributed by atoms with van der Waals surface area (Å²) in [6.07, 6.45) is 3.42. The van der Waals surface area contributed by atoms with E-state index in [9.17, 15) is 0 Å². The van der Waals surface area contributed by atoms with Gasteiger partial charge in [-0.1, -0.05) is 30.3 Å². The number of nitriles is 1. The fourth-order valence-electron chi connectivity index (χ4n) is 2.98. The Hall–Kier alpha value is -3.72. The van der Waals surface area contributed by atoms with Crippen LogP contribution in [0.5, 0.6) is 0 Å². The summed E-state index contributed by atoms with van der Waals surface area (Å²) in [6, 6.07) is 17.9. The minimum atomic E-state index is 0.0965. The van der Waals surface area contributed by atoms with E-state index >= 15 is 0 Å². The summed E-state index contributed by atoms with van der Waals surface area (Å²) >= 11 is 0. The summed E-state index contributed by atoms with van der Waals surface area (Å²) < 4.78 is 1.85. The normalized spacial score (nSPS) is 11.9. The third-order valence-electron chi connectivity index (χ3n) is 4.52.